The summed E-state index contributed by atoms with van der Waals surface area (Å²) in [7, 11) is 1.84. The maximum absolute atomic E-state index is 5.85. The molecule has 0 spiro atoms. The number of thiophene rings is 1. The number of ether oxygens (including phenoxy) is 1. The van der Waals surface area contributed by atoms with Gasteiger partial charge >= 0.3 is 0 Å². The number of hydrogen-bond acceptors (Lipinski definition) is 3. The molecule has 0 aromatic carbocycles. The van der Waals surface area contributed by atoms with Gasteiger partial charge < -0.3 is 15.4 Å². The summed E-state index contributed by atoms with van der Waals surface area (Å²) in [6.45, 7) is 8.46. The third kappa shape index (κ3) is 2.57. The minimum Gasteiger partial charge on any atom is -0.377 e. The Morgan fingerprint density at radius 1 is 1.52 bits per heavy atom. The molecule has 1 saturated carbocycles. The standard InChI is InChI=1S/C16H25N3OS/c1-10-6-8-21-12(10)9-18-15(17-4)19-13-11-5-7-20-14(11)16(13,2)3/h6,8,11,13-14H,5,7,9H2,1-4H3,(H2,17,18,19). The predicted octanol–water partition coefficient (Wildman–Crippen LogP) is 2.54. The Morgan fingerprint density at radius 3 is 3.00 bits per heavy atom. The zero-order chi connectivity index (χ0) is 15.0. The fraction of sp³-hybridized carbons (Fsp3) is 0.688. The molecule has 5 heteroatoms. The van der Waals surface area contributed by atoms with Gasteiger partial charge in [0.05, 0.1) is 12.6 Å². The van der Waals surface area contributed by atoms with Crippen LogP contribution in [0.25, 0.3) is 0 Å². The first-order valence-corrected chi connectivity index (χ1v) is 8.53. The van der Waals surface area contributed by atoms with E-state index in [9.17, 15) is 0 Å². The van der Waals surface area contributed by atoms with Crippen LogP contribution in [0.2, 0.25) is 0 Å². The smallest absolute Gasteiger partial charge is 0.191 e. The van der Waals surface area contributed by atoms with Crippen LogP contribution in [0.4, 0.5) is 0 Å². The summed E-state index contributed by atoms with van der Waals surface area (Å²) in [4.78, 5) is 5.75. The molecular weight excluding hydrogens is 282 g/mol. The molecule has 1 saturated heterocycles. The van der Waals surface area contributed by atoms with Crippen LogP contribution in [0.3, 0.4) is 0 Å². The molecule has 21 heavy (non-hydrogen) atoms. The van der Waals surface area contributed by atoms with Crippen molar-refractivity contribution in [3.05, 3.63) is 21.9 Å². The zero-order valence-corrected chi connectivity index (χ0v) is 14.1. The minimum atomic E-state index is 0.178. The van der Waals surface area contributed by atoms with Crippen molar-refractivity contribution in [1.82, 2.24) is 10.6 Å². The van der Waals surface area contributed by atoms with Crippen LogP contribution < -0.4 is 10.6 Å². The molecule has 1 aromatic heterocycles. The molecule has 0 radical (unpaired) electrons. The Bertz CT molecular complexity index is 537. The van der Waals surface area contributed by atoms with Gasteiger partial charge in [-0.2, -0.15) is 0 Å². The van der Waals surface area contributed by atoms with E-state index in [4.69, 9.17) is 4.74 Å². The van der Waals surface area contributed by atoms with Gasteiger partial charge in [-0.25, -0.2) is 0 Å². The molecule has 1 aliphatic heterocycles. The maximum Gasteiger partial charge on any atom is 0.191 e. The number of aryl methyl sites for hydroxylation is 1. The molecule has 2 heterocycles. The number of aliphatic imine (C=N–C) groups is 1. The molecule has 2 fully saturated rings. The molecule has 3 atom stereocenters. The highest BCUT2D eigenvalue weighted by atomic mass is 32.1. The van der Waals surface area contributed by atoms with Gasteiger partial charge in [0.25, 0.3) is 0 Å². The van der Waals surface area contributed by atoms with Crippen LogP contribution in [0.5, 0.6) is 0 Å². The fourth-order valence-electron chi connectivity index (χ4n) is 3.71. The summed E-state index contributed by atoms with van der Waals surface area (Å²) in [6, 6.07) is 2.61. The largest absolute Gasteiger partial charge is 0.377 e. The van der Waals surface area contributed by atoms with E-state index in [1.54, 1.807) is 11.3 Å². The molecule has 2 aliphatic rings. The lowest BCUT2D eigenvalue weighted by atomic mass is 9.57. The highest BCUT2D eigenvalue weighted by molar-refractivity contribution is 7.10. The van der Waals surface area contributed by atoms with E-state index in [0.29, 0.717) is 18.1 Å². The van der Waals surface area contributed by atoms with E-state index >= 15 is 0 Å². The average molecular weight is 307 g/mol. The van der Waals surface area contributed by atoms with E-state index in [1.165, 1.54) is 10.4 Å². The van der Waals surface area contributed by atoms with E-state index in [1.807, 2.05) is 7.05 Å². The molecule has 1 aliphatic carbocycles. The summed E-state index contributed by atoms with van der Waals surface area (Å²) in [5.74, 6) is 1.52. The molecule has 1 aromatic rings. The van der Waals surface area contributed by atoms with Gasteiger partial charge in [-0.05, 0) is 30.4 Å². The van der Waals surface area contributed by atoms with Crippen LogP contribution in [-0.4, -0.2) is 31.8 Å². The van der Waals surface area contributed by atoms with E-state index in [-0.39, 0.29) is 5.41 Å². The normalized spacial score (nSPS) is 30.7. The molecular formula is C16H25N3OS. The Balaban J connectivity index is 1.59. The molecule has 0 bridgehead atoms. The zero-order valence-electron chi connectivity index (χ0n) is 13.3. The number of nitrogens with one attached hydrogen (secondary N) is 2. The first-order chi connectivity index (χ1) is 10.0. The van der Waals surface area contributed by atoms with Crippen LogP contribution in [0.1, 0.15) is 30.7 Å². The third-order valence-corrected chi connectivity index (χ3v) is 6.02. The highest BCUT2D eigenvalue weighted by Crippen LogP contribution is 2.52. The SMILES string of the molecule is CN=C(NCc1sccc1C)NC1C2CCOC2C1(C)C. The lowest BCUT2D eigenvalue weighted by Gasteiger charge is -2.54. The summed E-state index contributed by atoms with van der Waals surface area (Å²) in [5, 5.41) is 9.19. The van der Waals surface area contributed by atoms with Crippen molar-refractivity contribution in [2.75, 3.05) is 13.7 Å². The second kappa shape index (κ2) is 5.61. The lowest BCUT2D eigenvalue weighted by Crippen LogP contribution is -2.67. The topological polar surface area (TPSA) is 45.7 Å². The van der Waals surface area contributed by atoms with E-state index in [2.05, 4.69) is 47.8 Å². The third-order valence-electron chi connectivity index (χ3n) is 5.00. The Labute approximate surface area is 131 Å². The monoisotopic (exact) mass is 307 g/mol. The van der Waals surface area contributed by atoms with Gasteiger partial charge in [0.2, 0.25) is 0 Å². The van der Waals surface area contributed by atoms with Gasteiger partial charge in [0.15, 0.2) is 5.96 Å². The van der Waals surface area contributed by atoms with Gasteiger partial charge in [0.1, 0.15) is 0 Å². The summed E-state index contributed by atoms with van der Waals surface area (Å²) in [6.07, 6.45) is 1.57. The summed E-state index contributed by atoms with van der Waals surface area (Å²) >= 11 is 1.79. The van der Waals surface area contributed by atoms with Crippen molar-refractivity contribution in [3.8, 4) is 0 Å². The number of guanidine groups is 1. The molecule has 116 valence electrons. The van der Waals surface area contributed by atoms with Crippen molar-refractivity contribution in [1.29, 1.82) is 0 Å². The molecule has 4 nitrogen and oxygen atoms in total. The Morgan fingerprint density at radius 2 is 2.33 bits per heavy atom. The lowest BCUT2D eigenvalue weighted by molar-refractivity contribution is -0.106. The summed E-state index contributed by atoms with van der Waals surface area (Å²) in [5.41, 5.74) is 1.52. The van der Waals surface area contributed by atoms with Crippen LogP contribution in [0.15, 0.2) is 16.4 Å². The second-order valence-electron chi connectivity index (χ2n) is 6.64. The first-order valence-electron chi connectivity index (χ1n) is 7.66. The summed E-state index contributed by atoms with van der Waals surface area (Å²) < 4.78 is 5.85. The number of hydrogen-bond donors (Lipinski definition) is 2. The Kier molecular flexibility index (Phi) is 3.97. The molecule has 0 amide bonds. The molecule has 3 unspecified atom stereocenters. The number of fused-ring (bicyclic) bond motifs is 1. The van der Waals surface area contributed by atoms with E-state index < -0.39 is 0 Å². The van der Waals surface area contributed by atoms with Crippen LogP contribution in [-0.2, 0) is 11.3 Å². The van der Waals surface area contributed by atoms with Gasteiger partial charge in [-0.15, -0.1) is 11.3 Å². The Hall–Kier alpha value is -1.07. The second-order valence-corrected chi connectivity index (χ2v) is 7.64. The quantitative estimate of drug-likeness (QED) is 0.666. The minimum absolute atomic E-state index is 0.178. The van der Waals surface area contributed by atoms with Crippen molar-refractivity contribution < 1.29 is 4.74 Å². The fourth-order valence-corrected chi connectivity index (χ4v) is 4.55. The maximum atomic E-state index is 5.85. The first kappa shape index (κ1) is 14.9. The van der Waals surface area contributed by atoms with Crippen LogP contribution in [0, 0.1) is 18.3 Å². The average Bonchev–Trinajstić information content (AvgIpc) is 3.07. The van der Waals surface area contributed by atoms with Crippen molar-refractivity contribution >= 4 is 17.3 Å². The van der Waals surface area contributed by atoms with Crippen molar-refractivity contribution in [2.45, 2.75) is 45.9 Å². The van der Waals surface area contributed by atoms with Gasteiger partial charge in [-0.3, -0.25) is 4.99 Å². The predicted molar refractivity (Wildman–Crippen MR) is 87.8 cm³/mol. The number of nitrogens with zero attached hydrogens (tertiary/aromatic N) is 1. The molecule has 2 N–H and O–H groups in total. The van der Waals surface area contributed by atoms with E-state index in [0.717, 1.165) is 25.5 Å². The van der Waals surface area contributed by atoms with Crippen molar-refractivity contribution in [2.24, 2.45) is 16.3 Å². The molecule has 3 rings (SSSR count). The number of rotatable bonds is 3. The van der Waals surface area contributed by atoms with Crippen LogP contribution >= 0.6 is 11.3 Å². The van der Waals surface area contributed by atoms with Crippen molar-refractivity contribution in [3.63, 3.8) is 0 Å². The highest BCUT2D eigenvalue weighted by Gasteiger charge is 2.59. The van der Waals surface area contributed by atoms with Gasteiger partial charge in [0, 0.05) is 35.9 Å². The van der Waals surface area contributed by atoms with Gasteiger partial charge in [-0.1, -0.05) is 13.8 Å².